The van der Waals surface area contributed by atoms with Gasteiger partial charge in [-0.15, -0.1) is 0 Å². The number of aromatic nitrogens is 4. The van der Waals surface area contributed by atoms with E-state index < -0.39 is 0 Å². The van der Waals surface area contributed by atoms with Crippen LogP contribution in [0.2, 0.25) is 0 Å². The van der Waals surface area contributed by atoms with Crippen LogP contribution >= 0.6 is 0 Å². The SMILES string of the molecule is CNc1nc(N2CCC(C(C)O)C2)c2[nH]cnc2n1. The molecule has 102 valence electrons. The minimum atomic E-state index is -0.284. The number of hydrogen-bond acceptors (Lipinski definition) is 6. The highest BCUT2D eigenvalue weighted by molar-refractivity contribution is 5.84. The molecule has 0 saturated carbocycles. The molecule has 0 bridgehead atoms. The molecule has 0 aromatic carbocycles. The predicted molar refractivity (Wildman–Crippen MR) is 73.2 cm³/mol. The van der Waals surface area contributed by atoms with E-state index in [1.807, 2.05) is 6.92 Å². The van der Waals surface area contributed by atoms with Crippen molar-refractivity contribution in [1.29, 1.82) is 0 Å². The number of anilines is 2. The standard InChI is InChI=1S/C12H18N6O/c1-7(19)8-3-4-18(5-8)11-9-10(15-6-14-9)16-12(13-2)17-11/h6-8,19H,3-5H2,1-2H3,(H2,13,14,15,16,17). The molecule has 0 spiro atoms. The van der Waals surface area contributed by atoms with E-state index in [-0.39, 0.29) is 6.10 Å². The number of aliphatic hydroxyl groups is 1. The summed E-state index contributed by atoms with van der Waals surface area (Å²) in [4.78, 5) is 18.3. The van der Waals surface area contributed by atoms with Gasteiger partial charge in [-0.3, -0.25) is 0 Å². The molecule has 2 aromatic rings. The average Bonchev–Trinajstić information content (AvgIpc) is 3.06. The highest BCUT2D eigenvalue weighted by atomic mass is 16.3. The van der Waals surface area contributed by atoms with E-state index in [0.29, 0.717) is 17.5 Å². The summed E-state index contributed by atoms with van der Waals surface area (Å²) in [6.07, 6.45) is 2.32. The highest BCUT2D eigenvalue weighted by Gasteiger charge is 2.28. The van der Waals surface area contributed by atoms with E-state index in [1.54, 1.807) is 13.4 Å². The lowest BCUT2D eigenvalue weighted by Gasteiger charge is -2.19. The van der Waals surface area contributed by atoms with Gasteiger partial charge in [0.2, 0.25) is 5.95 Å². The molecule has 2 atom stereocenters. The van der Waals surface area contributed by atoms with Crippen LogP contribution in [0.5, 0.6) is 0 Å². The van der Waals surface area contributed by atoms with Crippen LogP contribution in [0.4, 0.5) is 11.8 Å². The zero-order chi connectivity index (χ0) is 13.4. The van der Waals surface area contributed by atoms with Crippen molar-refractivity contribution in [3.63, 3.8) is 0 Å². The molecule has 3 rings (SSSR count). The Morgan fingerprint density at radius 2 is 2.37 bits per heavy atom. The molecule has 1 aliphatic heterocycles. The van der Waals surface area contributed by atoms with Crippen molar-refractivity contribution < 1.29 is 5.11 Å². The lowest BCUT2D eigenvalue weighted by Crippen LogP contribution is -2.25. The van der Waals surface area contributed by atoms with E-state index >= 15 is 0 Å². The smallest absolute Gasteiger partial charge is 0.226 e. The fourth-order valence-corrected chi connectivity index (χ4v) is 2.53. The maximum Gasteiger partial charge on any atom is 0.226 e. The second kappa shape index (κ2) is 4.65. The fourth-order valence-electron chi connectivity index (χ4n) is 2.53. The van der Waals surface area contributed by atoms with Crippen LogP contribution in [0, 0.1) is 5.92 Å². The van der Waals surface area contributed by atoms with Crippen molar-refractivity contribution in [2.75, 3.05) is 30.4 Å². The molecule has 0 radical (unpaired) electrons. The molecule has 1 saturated heterocycles. The number of nitrogens with zero attached hydrogens (tertiary/aromatic N) is 4. The Morgan fingerprint density at radius 3 is 3.05 bits per heavy atom. The number of H-pyrrole nitrogens is 1. The van der Waals surface area contributed by atoms with Crippen LogP contribution in [0.25, 0.3) is 11.2 Å². The quantitative estimate of drug-likeness (QED) is 0.750. The topological polar surface area (TPSA) is 90.0 Å². The predicted octanol–water partition coefficient (Wildman–Crippen LogP) is 0.602. The second-order valence-electron chi connectivity index (χ2n) is 4.96. The molecular formula is C12H18N6O. The summed E-state index contributed by atoms with van der Waals surface area (Å²) in [5.41, 5.74) is 1.51. The Balaban J connectivity index is 1.98. The summed E-state index contributed by atoms with van der Waals surface area (Å²) >= 11 is 0. The van der Waals surface area contributed by atoms with Gasteiger partial charge in [-0.25, -0.2) is 4.98 Å². The Hall–Kier alpha value is -1.89. The van der Waals surface area contributed by atoms with Gasteiger partial charge < -0.3 is 20.3 Å². The third-order valence-corrected chi connectivity index (χ3v) is 3.70. The number of aromatic amines is 1. The third kappa shape index (κ3) is 2.10. The number of nitrogens with one attached hydrogen (secondary N) is 2. The van der Waals surface area contributed by atoms with Crippen LogP contribution in [-0.4, -0.2) is 51.3 Å². The maximum atomic E-state index is 9.70. The van der Waals surface area contributed by atoms with Crippen molar-refractivity contribution in [3.8, 4) is 0 Å². The summed E-state index contributed by atoms with van der Waals surface area (Å²) in [5, 5.41) is 12.7. The number of aliphatic hydroxyl groups excluding tert-OH is 1. The van der Waals surface area contributed by atoms with Gasteiger partial charge in [0.1, 0.15) is 5.52 Å². The lowest BCUT2D eigenvalue weighted by molar-refractivity contribution is 0.136. The van der Waals surface area contributed by atoms with Gasteiger partial charge in [0.05, 0.1) is 12.4 Å². The molecule has 19 heavy (non-hydrogen) atoms. The van der Waals surface area contributed by atoms with Gasteiger partial charge in [0.25, 0.3) is 0 Å². The van der Waals surface area contributed by atoms with Crippen LogP contribution in [0.15, 0.2) is 6.33 Å². The first-order valence-electron chi connectivity index (χ1n) is 6.51. The summed E-state index contributed by atoms with van der Waals surface area (Å²) in [5.74, 6) is 1.72. The Labute approximate surface area is 111 Å². The molecule has 2 unspecified atom stereocenters. The average molecular weight is 262 g/mol. The lowest BCUT2D eigenvalue weighted by atomic mass is 10.0. The van der Waals surface area contributed by atoms with E-state index in [9.17, 15) is 5.11 Å². The second-order valence-corrected chi connectivity index (χ2v) is 4.96. The molecule has 7 heteroatoms. The molecule has 2 aromatic heterocycles. The van der Waals surface area contributed by atoms with Gasteiger partial charge in [-0.2, -0.15) is 9.97 Å². The van der Waals surface area contributed by atoms with Gasteiger partial charge in [-0.1, -0.05) is 0 Å². The van der Waals surface area contributed by atoms with E-state index in [1.165, 1.54) is 0 Å². The maximum absolute atomic E-state index is 9.70. The van der Waals surface area contributed by atoms with E-state index in [4.69, 9.17) is 0 Å². The summed E-state index contributed by atoms with van der Waals surface area (Å²) in [6, 6.07) is 0. The zero-order valence-electron chi connectivity index (χ0n) is 11.1. The Kier molecular flexibility index (Phi) is 2.98. The number of imidazole rings is 1. The summed E-state index contributed by atoms with van der Waals surface area (Å²) in [6.45, 7) is 3.55. The van der Waals surface area contributed by atoms with Crippen LogP contribution in [0.3, 0.4) is 0 Å². The van der Waals surface area contributed by atoms with Crippen LogP contribution in [0.1, 0.15) is 13.3 Å². The first kappa shape index (κ1) is 12.2. The fraction of sp³-hybridized carbons (Fsp3) is 0.583. The zero-order valence-corrected chi connectivity index (χ0v) is 11.1. The van der Waals surface area contributed by atoms with Crippen molar-refractivity contribution >= 4 is 22.9 Å². The van der Waals surface area contributed by atoms with Gasteiger partial charge in [-0.05, 0) is 13.3 Å². The van der Waals surface area contributed by atoms with E-state index in [2.05, 4.69) is 30.2 Å². The number of hydrogen-bond donors (Lipinski definition) is 3. The Morgan fingerprint density at radius 1 is 1.53 bits per heavy atom. The molecular weight excluding hydrogens is 244 g/mol. The number of fused-ring (bicyclic) bond motifs is 1. The molecule has 3 heterocycles. The monoisotopic (exact) mass is 262 g/mol. The van der Waals surface area contributed by atoms with Crippen molar-refractivity contribution in [3.05, 3.63) is 6.33 Å². The molecule has 0 aliphatic carbocycles. The molecule has 7 nitrogen and oxygen atoms in total. The number of rotatable bonds is 3. The van der Waals surface area contributed by atoms with Gasteiger partial charge in [0, 0.05) is 26.1 Å². The summed E-state index contributed by atoms with van der Waals surface area (Å²) < 4.78 is 0. The Bertz CT molecular complexity index is 581. The van der Waals surface area contributed by atoms with Crippen LogP contribution in [-0.2, 0) is 0 Å². The molecule has 0 amide bonds. The first-order valence-corrected chi connectivity index (χ1v) is 6.51. The molecule has 1 aliphatic rings. The minimum absolute atomic E-state index is 0.284. The van der Waals surface area contributed by atoms with E-state index in [0.717, 1.165) is 30.8 Å². The van der Waals surface area contributed by atoms with Crippen molar-refractivity contribution in [2.45, 2.75) is 19.4 Å². The minimum Gasteiger partial charge on any atom is -0.393 e. The normalized spacial score (nSPS) is 21.0. The highest BCUT2D eigenvalue weighted by Crippen LogP contribution is 2.29. The van der Waals surface area contributed by atoms with Crippen molar-refractivity contribution in [2.24, 2.45) is 5.92 Å². The first-order chi connectivity index (χ1) is 9.19. The molecule has 1 fully saturated rings. The third-order valence-electron chi connectivity index (χ3n) is 3.70. The van der Waals surface area contributed by atoms with Crippen LogP contribution < -0.4 is 10.2 Å². The molecule has 3 N–H and O–H groups in total. The summed E-state index contributed by atoms with van der Waals surface area (Å²) in [7, 11) is 1.79. The van der Waals surface area contributed by atoms with Gasteiger partial charge in [0.15, 0.2) is 11.5 Å². The van der Waals surface area contributed by atoms with Gasteiger partial charge >= 0.3 is 0 Å². The van der Waals surface area contributed by atoms with Crippen molar-refractivity contribution in [1.82, 2.24) is 19.9 Å². The largest absolute Gasteiger partial charge is 0.393 e.